The second kappa shape index (κ2) is 9.51. The summed E-state index contributed by atoms with van der Waals surface area (Å²) in [7, 11) is 1.33. The average molecular weight is 598 g/mol. The van der Waals surface area contributed by atoms with Crippen LogP contribution in [0.15, 0.2) is 30.6 Å². The van der Waals surface area contributed by atoms with Crippen LogP contribution in [0.4, 0.5) is 27.6 Å². The van der Waals surface area contributed by atoms with Gasteiger partial charge in [0.05, 0.1) is 28.0 Å². The lowest BCUT2D eigenvalue weighted by Crippen LogP contribution is -2.32. The Morgan fingerprint density at radius 1 is 1.22 bits per heavy atom. The molecular weight excluding hydrogens is 573 g/mol. The van der Waals surface area contributed by atoms with Gasteiger partial charge in [-0.15, -0.1) is 0 Å². The van der Waals surface area contributed by atoms with Gasteiger partial charge in [-0.1, -0.05) is 11.6 Å². The number of fused-ring (bicyclic) bond motifs is 1. The molecule has 3 heterocycles. The van der Waals surface area contributed by atoms with Gasteiger partial charge in [0.15, 0.2) is 11.5 Å². The van der Waals surface area contributed by atoms with Crippen LogP contribution in [0.3, 0.4) is 0 Å². The van der Waals surface area contributed by atoms with E-state index in [1.807, 2.05) is 0 Å². The Kier molecular flexibility index (Phi) is 6.41. The SMILES string of the molecule is Cn1c(-c2cn(C3CC3(F)F)nc2C(F)(F)F)cnc1C(=O)Nc1ccc(C(=O)N2CC3C(CCN)C3C2)c(Cl)c1. The van der Waals surface area contributed by atoms with E-state index < -0.39 is 41.7 Å². The highest BCUT2D eigenvalue weighted by molar-refractivity contribution is 6.34. The molecule has 0 bridgehead atoms. The zero-order chi connectivity index (χ0) is 29.4. The minimum Gasteiger partial charge on any atom is -0.338 e. The lowest BCUT2D eigenvalue weighted by molar-refractivity contribution is -0.141. The summed E-state index contributed by atoms with van der Waals surface area (Å²) >= 11 is 6.38. The van der Waals surface area contributed by atoms with Gasteiger partial charge in [-0.25, -0.2) is 13.8 Å². The summed E-state index contributed by atoms with van der Waals surface area (Å²) in [5, 5.41) is 6.09. The highest BCUT2D eigenvalue weighted by Crippen LogP contribution is 2.54. The number of amides is 2. The Labute approximate surface area is 235 Å². The maximum atomic E-state index is 13.7. The first-order valence-corrected chi connectivity index (χ1v) is 13.3. The van der Waals surface area contributed by atoms with E-state index in [0.29, 0.717) is 47.6 Å². The van der Waals surface area contributed by atoms with Crippen molar-refractivity contribution in [3.05, 3.63) is 52.7 Å². The van der Waals surface area contributed by atoms with Crippen molar-refractivity contribution in [1.82, 2.24) is 24.2 Å². The molecule has 1 saturated heterocycles. The van der Waals surface area contributed by atoms with Crippen molar-refractivity contribution in [2.24, 2.45) is 30.5 Å². The first-order valence-electron chi connectivity index (χ1n) is 13.0. The Bertz CT molecular complexity index is 1540. The maximum Gasteiger partial charge on any atom is 0.435 e. The molecular formula is C26H25ClF5N7O2. The Hall–Kier alpha value is -3.52. The second-order valence-electron chi connectivity index (χ2n) is 10.8. The third-order valence-corrected chi connectivity index (χ3v) is 8.51. The van der Waals surface area contributed by atoms with Crippen LogP contribution in [-0.4, -0.2) is 61.6 Å². The van der Waals surface area contributed by atoms with E-state index in [9.17, 15) is 31.5 Å². The monoisotopic (exact) mass is 597 g/mol. The smallest absolute Gasteiger partial charge is 0.338 e. The molecule has 2 amide bonds. The van der Waals surface area contributed by atoms with Crippen LogP contribution in [0.5, 0.6) is 0 Å². The van der Waals surface area contributed by atoms with E-state index >= 15 is 0 Å². The predicted octanol–water partition coefficient (Wildman–Crippen LogP) is 4.46. The summed E-state index contributed by atoms with van der Waals surface area (Å²) in [6, 6.07) is 2.95. The van der Waals surface area contributed by atoms with Gasteiger partial charge in [-0.2, -0.15) is 18.3 Å². The number of alkyl halides is 5. The summed E-state index contributed by atoms with van der Waals surface area (Å²) < 4.78 is 69.8. The van der Waals surface area contributed by atoms with Crippen molar-refractivity contribution < 1.29 is 31.5 Å². The van der Waals surface area contributed by atoms with Crippen molar-refractivity contribution in [3.8, 4) is 11.3 Å². The molecule has 0 radical (unpaired) electrons. The van der Waals surface area contributed by atoms with Gasteiger partial charge in [0.2, 0.25) is 0 Å². The second-order valence-corrected chi connectivity index (χ2v) is 11.2. The Morgan fingerprint density at radius 2 is 1.90 bits per heavy atom. The van der Waals surface area contributed by atoms with E-state index in [1.54, 1.807) is 4.90 Å². The number of carbonyl (C=O) groups is 2. The van der Waals surface area contributed by atoms with Crippen molar-refractivity contribution in [2.75, 3.05) is 25.0 Å². The highest BCUT2D eigenvalue weighted by atomic mass is 35.5. The van der Waals surface area contributed by atoms with Crippen LogP contribution >= 0.6 is 11.6 Å². The predicted molar refractivity (Wildman–Crippen MR) is 137 cm³/mol. The van der Waals surface area contributed by atoms with Crippen LogP contribution in [0.2, 0.25) is 5.02 Å². The number of likely N-dealkylation sites (tertiary alicyclic amines) is 1. The van der Waals surface area contributed by atoms with Crippen molar-refractivity contribution in [3.63, 3.8) is 0 Å². The van der Waals surface area contributed by atoms with Gasteiger partial charge in [0, 0.05) is 38.4 Å². The molecule has 0 spiro atoms. The van der Waals surface area contributed by atoms with Crippen LogP contribution in [-0.2, 0) is 13.2 Å². The number of halogens is 6. The first-order chi connectivity index (χ1) is 19.3. The van der Waals surface area contributed by atoms with Crippen LogP contribution in [0.1, 0.15) is 45.6 Å². The number of aromatic nitrogens is 4. The van der Waals surface area contributed by atoms with Gasteiger partial charge in [-0.3, -0.25) is 14.3 Å². The molecule has 2 saturated carbocycles. The molecule has 3 atom stereocenters. The lowest BCUT2D eigenvalue weighted by Gasteiger charge is -2.20. The first kappa shape index (κ1) is 27.6. The number of piperidine rings is 1. The quantitative estimate of drug-likeness (QED) is 0.391. The third-order valence-electron chi connectivity index (χ3n) is 8.20. The lowest BCUT2D eigenvalue weighted by atomic mass is 10.1. The van der Waals surface area contributed by atoms with Gasteiger partial charge in [0.25, 0.3) is 17.7 Å². The van der Waals surface area contributed by atoms with E-state index in [0.717, 1.165) is 23.4 Å². The summed E-state index contributed by atoms with van der Waals surface area (Å²) in [4.78, 5) is 31.7. The number of benzene rings is 1. The molecule has 3 unspecified atom stereocenters. The molecule has 218 valence electrons. The van der Waals surface area contributed by atoms with Gasteiger partial charge < -0.3 is 20.5 Å². The average Bonchev–Trinajstić information content (AvgIpc) is 3.42. The molecule has 3 N–H and O–H groups in total. The van der Waals surface area contributed by atoms with Crippen LogP contribution < -0.4 is 11.1 Å². The Morgan fingerprint density at radius 3 is 2.49 bits per heavy atom. The van der Waals surface area contributed by atoms with E-state index in [1.165, 1.54) is 25.2 Å². The fourth-order valence-electron chi connectivity index (χ4n) is 5.86. The van der Waals surface area contributed by atoms with E-state index in [2.05, 4.69) is 15.4 Å². The molecule has 3 aliphatic rings. The molecule has 3 fully saturated rings. The third kappa shape index (κ3) is 4.86. The fourth-order valence-corrected chi connectivity index (χ4v) is 6.13. The largest absolute Gasteiger partial charge is 0.435 e. The Balaban J connectivity index is 1.17. The topological polar surface area (TPSA) is 111 Å². The van der Waals surface area contributed by atoms with Crippen molar-refractivity contribution >= 4 is 29.1 Å². The summed E-state index contributed by atoms with van der Waals surface area (Å²) in [5.41, 5.74) is 4.21. The van der Waals surface area contributed by atoms with E-state index in [4.69, 9.17) is 17.3 Å². The van der Waals surface area contributed by atoms with E-state index in [-0.39, 0.29) is 28.1 Å². The van der Waals surface area contributed by atoms with Gasteiger partial charge >= 0.3 is 6.18 Å². The summed E-state index contributed by atoms with van der Waals surface area (Å²) in [6.45, 7) is 1.94. The van der Waals surface area contributed by atoms with Gasteiger partial charge in [0.1, 0.15) is 6.04 Å². The minimum atomic E-state index is -4.92. The molecule has 1 aliphatic heterocycles. The molecule has 2 aromatic heterocycles. The molecule has 2 aliphatic carbocycles. The molecule has 6 rings (SSSR count). The number of nitrogens with zero attached hydrogens (tertiary/aromatic N) is 5. The number of nitrogens with two attached hydrogens (primary N) is 1. The summed E-state index contributed by atoms with van der Waals surface area (Å²) in [6.07, 6.45) is -2.63. The van der Waals surface area contributed by atoms with Crippen molar-refractivity contribution in [1.29, 1.82) is 0 Å². The minimum absolute atomic E-state index is 0.131. The number of hydrogen-bond donors (Lipinski definition) is 2. The van der Waals surface area contributed by atoms with Crippen LogP contribution in [0.25, 0.3) is 11.3 Å². The normalized spacial score (nSPS) is 24.3. The number of rotatable bonds is 7. The van der Waals surface area contributed by atoms with Crippen LogP contribution in [0, 0.1) is 17.8 Å². The zero-order valence-corrected chi connectivity index (χ0v) is 22.4. The number of imidazole rings is 1. The number of anilines is 1. The molecule has 41 heavy (non-hydrogen) atoms. The number of carbonyl (C=O) groups excluding carboxylic acids is 2. The number of hydrogen-bond acceptors (Lipinski definition) is 5. The molecule has 3 aromatic rings. The maximum absolute atomic E-state index is 13.7. The zero-order valence-electron chi connectivity index (χ0n) is 21.6. The standard InChI is InChI=1S/C26H25ClF5N7O2/c1-37-19(17-11-39(20-7-25(20,28)29)36-21(17)26(30,31)32)8-34-22(37)23(40)35-12-2-3-14(18(27)6-12)24(41)38-9-15-13(4-5-33)16(15)10-38/h2-3,6,8,11,13,15-16,20H,4-5,7,9-10,33H2,1H3,(H,35,40). The molecule has 9 nitrogen and oxygen atoms in total. The molecule has 1 aromatic carbocycles. The number of nitrogens with one attached hydrogen (secondary N) is 1. The molecule has 15 heteroatoms. The fraction of sp³-hybridized carbons (Fsp3) is 0.462. The summed E-state index contributed by atoms with van der Waals surface area (Å²) in [5.74, 6) is -2.81. The van der Waals surface area contributed by atoms with Crippen molar-refractivity contribution in [2.45, 2.75) is 31.0 Å². The van der Waals surface area contributed by atoms with Gasteiger partial charge in [-0.05, 0) is 48.9 Å². The highest BCUT2D eigenvalue weighted by Gasteiger charge is 2.60.